The van der Waals surface area contributed by atoms with Gasteiger partial charge in [0.25, 0.3) is 0 Å². The van der Waals surface area contributed by atoms with Crippen molar-refractivity contribution in [3.63, 3.8) is 0 Å². The Morgan fingerprint density at radius 1 is 1.42 bits per heavy atom. The normalized spacial score (nSPS) is 17.8. The number of halogens is 1. The van der Waals surface area contributed by atoms with Crippen molar-refractivity contribution >= 4 is 51.4 Å². The second kappa shape index (κ2) is 9.58. The zero-order valence-electron chi connectivity index (χ0n) is 14.3. The first-order chi connectivity index (χ1) is 11.3. The lowest BCUT2D eigenvalue weighted by Gasteiger charge is -2.24. The fourth-order valence-corrected chi connectivity index (χ4v) is 4.12. The van der Waals surface area contributed by atoms with Gasteiger partial charge in [0.15, 0.2) is 5.96 Å². The predicted octanol–water partition coefficient (Wildman–Crippen LogP) is 3.61. The van der Waals surface area contributed by atoms with Crippen LogP contribution in [0.3, 0.4) is 0 Å². The Morgan fingerprint density at radius 3 is 3.00 bits per heavy atom. The van der Waals surface area contributed by atoms with Gasteiger partial charge in [-0.25, -0.2) is 0 Å². The molecule has 1 aromatic carbocycles. The van der Waals surface area contributed by atoms with Crippen LogP contribution in [0.2, 0.25) is 0 Å². The second-order valence-electron chi connectivity index (χ2n) is 6.09. The monoisotopic (exact) mass is 459 g/mol. The van der Waals surface area contributed by atoms with Gasteiger partial charge in [-0.3, -0.25) is 4.99 Å². The van der Waals surface area contributed by atoms with Crippen LogP contribution in [0.4, 0.5) is 0 Å². The van der Waals surface area contributed by atoms with Gasteiger partial charge in [-0.05, 0) is 35.2 Å². The summed E-state index contributed by atoms with van der Waals surface area (Å²) in [6.45, 7) is 3.68. The van der Waals surface area contributed by atoms with Crippen molar-refractivity contribution < 1.29 is 4.74 Å². The van der Waals surface area contributed by atoms with Crippen LogP contribution < -0.4 is 5.32 Å². The van der Waals surface area contributed by atoms with Crippen molar-refractivity contribution in [2.24, 2.45) is 10.9 Å². The van der Waals surface area contributed by atoms with E-state index in [0.717, 1.165) is 45.1 Å². The molecule has 1 atom stereocenters. The van der Waals surface area contributed by atoms with E-state index in [1.165, 1.54) is 15.6 Å². The first-order valence-electron chi connectivity index (χ1n) is 8.22. The summed E-state index contributed by atoms with van der Waals surface area (Å²) < 4.78 is 6.82. The summed E-state index contributed by atoms with van der Waals surface area (Å²) in [6.07, 6.45) is 2.17. The van der Waals surface area contributed by atoms with Gasteiger partial charge in [0.05, 0.1) is 6.61 Å². The first kappa shape index (κ1) is 19.5. The molecule has 1 aromatic heterocycles. The van der Waals surface area contributed by atoms with Gasteiger partial charge in [0.1, 0.15) is 0 Å². The molecule has 24 heavy (non-hydrogen) atoms. The second-order valence-corrected chi connectivity index (χ2v) is 7.00. The predicted molar refractivity (Wildman–Crippen MR) is 114 cm³/mol. The summed E-state index contributed by atoms with van der Waals surface area (Å²) in [5.74, 6) is 1.59. The minimum atomic E-state index is 0. The van der Waals surface area contributed by atoms with Gasteiger partial charge in [-0.1, -0.05) is 18.2 Å². The molecule has 1 saturated heterocycles. The summed E-state index contributed by atoms with van der Waals surface area (Å²) in [7, 11) is 3.96. The topological polar surface area (TPSA) is 36.9 Å². The van der Waals surface area contributed by atoms with E-state index >= 15 is 0 Å². The van der Waals surface area contributed by atoms with Crippen LogP contribution in [0.15, 0.2) is 34.6 Å². The standard InChI is InChI=1S/C18H25N3OS.HI/c1-19-18(21(2)11-14-8-10-22-12-14)20-9-7-15-13-23-17-6-4-3-5-16(15)17;/h3-6,13-14H,7-12H2,1-2H3,(H,19,20);1H. The van der Waals surface area contributed by atoms with E-state index in [4.69, 9.17) is 4.74 Å². The van der Waals surface area contributed by atoms with E-state index in [0.29, 0.717) is 5.92 Å². The third kappa shape index (κ3) is 4.83. The van der Waals surface area contributed by atoms with Crippen LogP contribution in [-0.2, 0) is 11.2 Å². The van der Waals surface area contributed by atoms with E-state index in [2.05, 4.69) is 51.9 Å². The Kier molecular flexibility index (Phi) is 7.77. The molecule has 0 saturated carbocycles. The lowest BCUT2D eigenvalue weighted by Crippen LogP contribution is -2.42. The van der Waals surface area contributed by atoms with Crippen LogP contribution in [0.25, 0.3) is 10.1 Å². The molecule has 2 heterocycles. The van der Waals surface area contributed by atoms with E-state index in [1.807, 2.05) is 18.4 Å². The summed E-state index contributed by atoms with van der Waals surface area (Å²) in [4.78, 5) is 6.62. The third-order valence-electron chi connectivity index (χ3n) is 4.37. The number of rotatable bonds is 5. The average molecular weight is 459 g/mol. The minimum Gasteiger partial charge on any atom is -0.381 e. The first-order valence-corrected chi connectivity index (χ1v) is 9.10. The molecule has 132 valence electrons. The maximum atomic E-state index is 5.46. The number of fused-ring (bicyclic) bond motifs is 1. The Morgan fingerprint density at radius 2 is 2.25 bits per heavy atom. The van der Waals surface area contributed by atoms with Gasteiger partial charge in [0, 0.05) is 44.4 Å². The van der Waals surface area contributed by atoms with Crippen LogP contribution in [0.5, 0.6) is 0 Å². The van der Waals surface area contributed by atoms with Crippen molar-refractivity contribution in [1.29, 1.82) is 0 Å². The highest BCUT2D eigenvalue weighted by Crippen LogP contribution is 2.25. The zero-order valence-corrected chi connectivity index (χ0v) is 17.5. The number of nitrogens with one attached hydrogen (secondary N) is 1. The summed E-state index contributed by atoms with van der Waals surface area (Å²) >= 11 is 1.82. The lowest BCUT2D eigenvalue weighted by atomic mass is 10.1. The summed E-state index contributed by atoms with van der Waals surface area (Å²) in [6, 6.07) is 8.61. The molecule has 2 aromatic rings. The lowest BCUT2D eigenvalue weighted by molar-refractivity contribution is 0.181. The number of hydrogen-bond donors (Lipinski definition) is 1. The number of thiophene rings is 1. The van der Waals surface area contributed by atoms with Crippen molar-refractivity contribution in [3.8, 4) is 0 Å². The molecule has 1 fully saturated rings. The summed E-state index contributed by atoms with van der Waals surface area (Å²) in [5.41, 5.74) is 1.42. The minimum absolute atomic E-state index is 0. The van der Waals surface area contributed by atoms with Crippen molar-refractivity contribution in [2.45, 2.75) is 12.8 Å². The maximum Gasteiger partial charge on any atom is 0.193 e. The number of nitrogens with zero attached hydrogens (tertiary/aromatic N) is 2. The highest BCUT2D eigenvalue weighted by atomic mass is 127. The highest BCUT2D eigenvalue weighted by Gasteiger charge is 2.18. The smallest absolute Gasteiger partial charge is 0.193 e. The Balaban J connectivity index is 0.00000208. The Bertz CT molecular complexity index is 667. The number of guanidine groups is 1. The molecule has 0 bridgehead atoms. The molecule has 4 nitrogen and oxygen atoms in total. The number of ether oxygens (including phenoxy) is 1. The molecule has 0 radical (unpaired) electrons. The van der Waals surface area contributed by atoms with E-state index in [1.54, 1.807) is 0 Å². The fraction of sp³-hybridized carbons (Fsp3) is 0.500. The molecule has 1 unspecified atom stereocenters. The quantitative estimate of drug-likeness (QED) is 0.422. The maximum absolute atomic E-state index is 5.46. The molecular weight excluding hydrogens is 433 g/mol. The molecule has 1 aliphatic rings. The van der Waals surface area contributed by atoms with Gasteiger partial charge >= 0.3 is 0 Å². The Labute approximate surface area is 165 Å². The van der Waals surface area contributed by atoms with Crippen molar-refractivity contribution in [2.75, 3.05) is 40.4 Å². The van der Waals surface area contributed by atoms with E-state index in [9.17, 15) is 0 Å². The third-order valence-corrected chi connectivity index (χ3v) is 5.38. The van der Waals surface area contributed by atoms with Gasteiger partial charge < -0.3 is 15.0 Å². The number of aliphatic imine (C=N–C) groups is 1. The van der Waals surface area contributed by atoms with Crippen LogP contribution >= 0.6 is 35.3 Å². The summed E-state index contributed by atoms with van der Waals surface area (Å²) in [5, 5.41) is 7.14. The highest BCUT2D eigenvalue weighted by molar-refractivity contribution is 14.0. The molecule has 1 N–H and O–H groups in total. The van der Waals surface area contributed by atoms with Crippen LogP contribution in [-0.4, -0.2) is 51.3 Å². The Hall–Kier alpha value is -0.860. The van der Waals surface area contributed by atoms with Crippen LogP contribution in [0, 0.1) is 5.92 Å². The van der Waals surface area contributed by atoms with Crippen molar-refractivity contribution in [1.82, 2.24) is 10.2 Å². The molecule has 1 aliphatic heterocycles. The van der Waals surface area contributed by atoms with Crippen LogP contribution in [0.1, 0.15) is 12.0 Å². The fourth-order valence-electron chi connectivity index (χ4n) is 3.12. The zero-order chi connectivity index (χ0) is 16.1. The van der Waals surface area contributed by atoms with Gasteiger partial charge in [-0.15, -0.1) is 35.3 Å². The van der Waals surface area contributed by atoms with Crippen molar-refractivity contribution in [3.05, 3.63) is 35.2 Å². The molecule has 0 amide bonds. The molecule has 3 rings (SSSR count). The van der Waals surface area contributed by atoms with Gasteiger partial charge in [-0.2, -0.15) is 0 Å². The number of benzene rings is 1. The van der Waals surface area contributed by atoms with Gasteiger partial charge in [0.2, 0.25) is 0 Å². The molecule has 6 heteroatoms. The number of hydrogen-bond acceptors (Lipinski definition) is 3. The average Bonchev–Trinajstić information content (AvgIpc) is 3.21. The SMILES string of the molecule is CN=C(NCCc1csc2ccccc12)N(C)CC1CCOC1.I. The van der Waals surface area contributed by atoms with E-state index in [-0.39, 0.29) is 24.0 Å². The molecule has 0 spiro atoms. The van der Waals surface area contributed by atoms with E-state index < -0.39 is 0 Å². The molecule has 0 aliphatic carbocycles. The largest absolute Gasteiger partial charge is 0.381 e. The molecular formula is C18H26IN3OS.